The predicted molar refractivity (Wildman–Crippen MR) is 149 cm³/mol. The highest BCUT2D eigenvalue weighted by Crippen LogP contribution is 2.29. The van der Waals surface area contributed by atoms with E-state index in [0.717, 1.165) is 16.9 Å². The van der Waals surface area contributed by atoms with Crippen LogP contribution in [0, 0.1) is 11.6 Å². The molecule has 1 N–H and O–H groups in total. The van der Waals surface area contributed by atoms with Crippen LogP contribution in [0.4, 0.5) is 13.6 Å². The summed E-state index contributed by atoms with van der Waals surface area (Å²) in [5, 5.41) is 25.6. The van der Waals surface area contributed by atoms with Crippen molar-refractivity contribution >= 4 is 12.1 Å². The first-order valence-corrected chi connectivity index (χ1v) is 13.4. The van der Waals surface area contributed by atoms with E-state index in [1.54, 1.807) is 48.6 Å². The van der Waals surface area contributed by atoms with Crippen molar-refractivity contribution in [3.8, 4) is 34.4 Å². The van der Waals surface area contributed by atoms with E-state index in [-0.39, 0.29) is 36.0 Å². The molecular weight excluding hydrogens is 582 g/mol. The normalized spacial score (nSPS) is 12.5. The summed E-state index contributed by atoms with van der Waals surface area (Å²) in [6.07, 6.45) is 0.360. The number of nitrogens with one attached hydrogen (secondary N) is 1. The van der Waals surface area contributed by atoms with Crippen LogP contribution in [0.3, 0.4) is 0 Å². The summed E-state index contributed by atoms with van der Waals surface area (Å²) in [6.45, 7) is 10.2. The van der Waals surface area contributed by atoms with Crippen LogP contribution < -0.4 is 10.1 Å². The summed E-state index contributed by atoms with van der Waals surface area (Å²) in [5.74, 6) is -2.33. The van der Waals surface area contributed by atoms with Crippen LogP contribution in [0.15, 0.2) is 30.5 Å². The van der Waals surface area contributed by atoms with Gasteiger partial charge in [0.05, 0.1) is 24.6 Å². The Morgan fingerprint density at radius 2 is 1.70 bits per heavy atom. The van der Waals surface area contributed by atoms with Crippen LogP contribution >= 0.6 is 0 Å². The Balaban J connectivity index is 1.47. The zero-order valence-corrected chi connectivity index (χ0v) is 25.2. The van der Waals surface area contributed by atoms with Gasteiger partial charge in [-0.3, -0.25) is 4.79 Å². The monoisotopic (exact) mass is 614 g/mol. The van der Waals surface area contributed by atoms with E-state index in [2.05, 4.69) is 41.2 Å². The zero-order valence-electron chi connectivity index (χ0n) is 25.2. The Kier molecular flexibility index (Phi) is 9.15. The third kappa shape index (κ3) is 8.71. The molecule has 0 fully saturated rings. The van der Waals surface area contributed by atoms with Gasteiger partial charge < -0.3 is 19.5 Å². The third-order valence-corrected chi connectivity index (χ3v) is 5.47. The lowest BCUT2D eigenvalue weighted by Gasteiger charge is -2.24. The fraction of sp³-hybridized carbons (Fsp3) is 0.444. The molecule has 0 aliphatic rings. The topological polar surface area (TPSA) is 174 Å². The number of hydrogen-bond donors (Lipinski definition) is 1. The highest BCUT2D eigenvalue weighted by molar-refractivity contribution is 5.73. The van der Waals surface area contributed by atoms with Crippen LogP contribution in [0.25, 0.3) is 22.8 Å². The number of halogens is 2. The Hall–Kier alpha value is -5.09. The van der Waals surface area contributed by atoms with E-state index in [4.69, 9.17) is 14.2 Å². The molecule has 15 nitrogen and oxygen atoms in total. The van der Waals surface area contributed by atoms with E-state index in [9.17, 15) is 14.0 Å². The first-order valence-electron chi connectivity index (χ1n) is 13.4. The van der Waals surface area contributed by atoms with Gasteiger partial charge in [0.1, 0.15) is 22.8 Å². The molecule has 44 heavy (non-hydrogen) atoms. The molecule has 234 valence electrons. The predicted octanol–water partition coefficient (Wildman–Crippen LogP) is 3.62. The molecule has 0 saturated carbocycles. The number of ether oxygens (including phenoxy) is 3. The lowest BCUT2D eigenvalue weighted by Crippen LogP contribution is -2.43. The molecule has 0 aliphatic heterocycles. The van der Waals surface area contributed by atoms with Gasteiger partial charge in [0, 0.05) is 24.9 Å². The molecular formula is C27H32F2N10O5. The number of amides is 1. The summed E-state index contributed by atoms with van der Waals surface area (Å²) in [6, 6.07) is 4.06. The van der Waals surface area contributed by atoms with Gasteiger partial charge in [0.2, 0.25) is 5.82 Å². The number of alkyl carbamates (subject to hydrolysis) is 1. The highest BCUT2D eigenvalue weighted by atomic mass is 19.1. The summed E-state index contributed by atoms with van der Waals surface area (Å²) in [5.41, 5.74) is -1.20. The number of tetrazole rings is 2. The molecule has 17 heteroatoms. The Morgan fingerprint density at radius 3 is 2.32 bits per heavy atom. The van der Waals surface area contributed by atoms with Crippen molar-refractivity contribution in [3.63, 3.8) is 0 Å². The van der Waals surface area contributed by atoms with Gasteiger partial charge in [-0.05, 0) is 75.4 Å². The van der Waals surface area contributed by atoms with Crippen molar-refractivity contribution in [1.29, 1.82) is 0 Å². The Labute approximate surface area is 250 Å². The third-order valence-electron chi connectivity index (χ3n) is 5.47. The fourth-order valence-corrected chi connectivity index (χ4v) is 3.79. The molecule has 1 atom stereocenters. The Bertz CT molecular complexity index is 1610. The molecule has 0 spiro atoms. The maximum absolute atomic E-state index is 15.1. The van der Waals surface area contributed by atoms with Crippen molar-refractivity contribution in [2.45, 2.75) is 71.8 Å². The molecule has 0 saturated heterocycles. The molecule has 4 rings (SSSR count). The lowest BCUT2D eigenvalue weighted by molar-refractivity contribution is -0.155. The SMILES string of the molecule is Cn1nnnc1-c1cnc(Oc2ccc(-c3nnn(C[C@H](CC(=O)OC(C)(C)C)NC(=O)OC(C)(C)C)n3)c(F)c2)c(F)c1. The molecule has 0 unspecified atom stereocenters. The molecule has 1 aromatic carbocycles. The van der Waals surface area contributed by atoms with Crippen molar-refractivity contribution in [2.75, 3.05) is 0 Å². The minimum Gasteiger partial charge on any atom is -0.460 e. The second-order valence-corrected chi connectivity index (χ2v) is 11.7. The number of carbonyl (C=O) groups is 2. The van der Waals surface area contributed by atoms with Gasteiger partial charge in [0.25, 0.3) is 5.88 Å². The molecule has 0 aliphatic carbocycles. The molecule has 0 radical (unpaired) electrons. The quantitative estimate of drug-likeness (QED) is 0.272. The zero-order chi connectivity index (χ0) is 32.2. The summed E-state index contributed by atoms with van der Waals surface area (Å²) >= 11 is 0. The minimum atomic E-state index is -0.832. The van der Waals surface area contributed by atoms with E-state index >= 15 is 4.39 Å². The van der Waals surface area contributed by atoms with Crippen molar-refractivity contribution < 1.29 is 32.6 Å². The van der Waals surface area contributed by atoms with Gasteiger partial charge >= 0.3 is 12.1 Å². The number of carbonyl (C=O) groups excluding carboxylic acids is 2. The fourth-order valence-electron chi connectivity index (χ4n) is 3.79. The van der Waals surface area contributed by atoms with E-state index < -0.39 is 40.9 Å². The first kappa shape index (κ1) is 31.8. The lowest BCUT2D eigenvalue weighted by atomic mass is 10.1. The standard InChI is InChI=1S/C27H32F2N10O5/c1-26(2,3)43-21(40)11-16(31-25(41)44-27(4,5)6)14-39-34-22(32-36-39)18-9-8-17(12-19(18)28)42-24-20(29)10-15(13-30-24)23-33-35-37-38(23)7/h8-10,12-13,16H,11,14H2,1-7H3,(H,31,41)/t16-/m0/s1. The van der Waals surface area contributed by atoms with Crippen LogP contribution in [0.1, 0.15) is 48.0 Å². The summed E-state index contributed by atoms with van der Waals surface area (Å²) < 4.78 is 47.2. The number of hydrogen-bond acceptors (Lipinski definition) is 12. The Morgan fingerprint density at radius 1 is 0.977 bits per heavy atom. The van der Waals surface area contributed by atoms with Crippen molar-refractivity contribution in [3.05, 3.63) is 42.1 Å². The van der Waals surface area contributed by atoms with Gasteiger partial charge in [-0.15, -0.1) is 15.3 Å². The number of benzene rings is 1. The minimum absolute atomic E-state index is 0.0223. The molecule has 3 heterocycles. The highest BCUT2D eigenvalue weighted by Gasteiger charge is 2.26. The van der Waals surface area contributed by atoms with Gasteiger partial charge in [0.15, 0.2) is 11.6 Å². The van der Waals surface area contributed by atoms with Crippen LogP contribution in [0.5, 0.6) is 11.6 Å². The largest absolute Gasteiger partial charge is 0.460 e. The maximum atomic E-state index is 15.1. The molecule has 0 bridgehead atoms. The van der Waals surface area contributed by atoms with Crippen molar-refractivity contribution in [2.24, 2.45) is 7.05 Å². The van der Waals surface area contributed by atoms with E-state index in [0.29, 0.717) is 11.4 Å². The van der Waals surface area contributed by atoms with Crippen LogP contribution in [-0.2, 0) is 27.9 Å². The van der Waals surface area contributed by atoms with E-state index in [1.165, 1.54) is 23.0 Å². The number of nitrogens with zero attached hydrogens (tertiary/aromatic N) is 9. The number of esters is 1. The van der Waals surface area contributed by atoms with Gasteiger partial charge in [-0.2, -0.15) is 4.80 Å². The second kappa shape index (κ2) is 12.6. The molecule has 1 amide bonds. The van der Waals surface area contributed by atoms with Crippen LogP contribution in [0.2, 0.25) is 0 Å². The van der Waals surface area contributed by atoms with Crippen LogP contribution in [-0.4, -0.2) is 74.7 Å². The molecule has 4 aromatic rings. The molecule has 3 aromatic heterocycles. The number of aromatic nitrogens is 9. The van der Waals surface area contributed by atoms with Gasteiger partial charge in [-0.25, -0.2) is 23.2 Å². The van der Waals surface area contributed by atoms with Crippen molar-refractivity contribution in [1.82, 2.24) is 50.7 Å². The summed E-state index contributed by atoms with van der Waals surface area (Å²) in [7, 11) is 1.60. The number of pyridine rings is 1. The van der Waals surface area contributed by atoms with Gasteiger partial charge in [-0.1, -0.05) is 0 Å². The average molecular weight is 615 g/mol. The summed E-state index contributed by atoms with van der Waals surface area (Å²) in [4.78, 5) is 30.0. The second-order valence-electron chi connectivity index (χ2n) is 11.7. The number of rotatable bonds is 9. The first-order chi connectivity index (χ1) is 20.6. The smallest absolute Gasteiger partial charge is 0.407 e. The average Bonchev–Trinajstić information content (AvgIpc) is 3.51. The number of aryl methyl sites for hydroxylation is 1. The maximum Gasteiger partial charge on any atom is 0.407 e. The van der Waals surface area contributed by atoms with E-state index in [1.807, 2.05) is 0 Å².